The number of aryl methyl sites for hydroxylation is 1. The summed E-state index contributed by atoms with van der Waals surface area (Å²) in [5.41, 5.74) is 0. The number of hydrogen-bond donors (Lipinski definition) is 1. The average molecular weight is 253 g/mol. The lowest BCUT2D eigenvalue weighted by Crippen LogP contribution is -2.34. The maximum atomic E-state index is 10.6. The van der Waals surface area contributed by atoms with E-state index in [0.29, 0.717) is 18.4 Å². The fourth-order valence-corrected chi connectivity index (χ4v) is 2.28. The maximum Gasteiger partial charge on any atom is 0.303 e. The van der Waals surface area contributed by atoms with E-state index < -0.39 is 5.97 Å². The Kier molecular flexibility index (Phi) is 4.30. The van der Waals surface area contributed by atoms with Crippen LogP contribution in [0.5, 0.6) is 0 Å². The molecular weight excluding hydrogens is 234 g/mol. The molecule has 0 atom stereocenters. The van der Waals surface area contributed by atoms with Crippen molar-refractivity contribution >= 4 is 5.97 Å². The van der Waals surface area contributed by atoms with E-state index in [1.54, 1.807) is 0 Å². The third-order valence-corrected chi connectivity index (χ3v) is 3.36. The molecule has 1 aliphatic rings. The Morgan fingerprint density at radius 2 is 2.22 bits per heavy atom. The van der Waals surface area contributed by atoms with Crippen molar-refractivity contribution in [2.75, 3.05) is 13.1 Å². The van der Waals surface area contributed by atoms with Gasteiger partial charge in [-0.3, -0.25) is 9.69 Å². The van der Waals surface area contributed by atoms with E-state index in [-0.39, 0.29) is 6.42 Å². The summed E-state index contributed by atoms with van der Waals surface area (Å²) in [6.07, 6.45) is 2.93. The molecule has 1 aromatic rings. The summed E-state index contributed by atoms with van der Waals surface area (Å²) >= 11 is 0. The zero-order valence-electron chi connectivity index (χ0n) is 10.6. The van der Waals surface area contributed by atoms with Crippen LogP contribution in [0.4, 0.5) is 0 Å². The van der Waals surface area contributed by atoms with Crippen molar-refractivity contribution in [3.05, 3.63) is 11.7 Å². The number of likely N-dealkylation sites (tertiary alicyclic amines) is 1. The van der Waals surface area contributed by atoms with E-state index >= 15 is 0 Å². The SMILES string of the molecule is CCc1noc(CN2CCC(CC(=O)O)CC2)n1. The Morgan fingerprint density at radius 3 is 2.78 bits per heavy atom. The number of aliphatic carboxylic acids is 1. The molecule has 1 N–H and O–H groups in total. The summed E-state index contributed by atoms with van der Waals surface area (Å²) in [6, 6.07) is 0. The summed E-state index contributed by atoms with van der Waals surface area (Å²) in [5, 5.41) is 12.6. The van der Waals surface area contributed by atoms with Crippen LogP contribution in [0.15, 0.2) is 4.52 Å². The van der Waals surface area contributed by atoms with E-state index in [4.69, 9.17) is 9.63 Å². The van der Waals surface area contributed by atoms with Crippen LogP contribution >= 0.6 is 0 Å². The van der Waals surface area contributed by atoms with Gasteiger partial charge in [0.1, 0.15) is 0 Å². The average Bonchev–Trinajstić information content (AvgIpc) is 2.79. The largest absolute Gasteiger partial charge is 0.481 e. The number of carboxylic acids is 1. The molecule has 2 heterocycles. The molecule has 1 aromatic heterocycles. The van der Waals surface area contributed by atoms with Crippen LogP contribution in [0.25, 0.3) is 0 Å². The van der Waals surface area contributed by atoms with Gasteiger partial charge in [0, 0.05) is 12.8 Å². The van der Waals surface area contributed by atoms with Crippen molar-refractivity contribution in [2.24, 2.45) is 5.92 Å². The van der Waals surface area contributed by atoms with Crippen LogP contribution in [0.3, 0.4) is 0 Å². The van der Waals surface area contributed by atoms with E-state index in [1.165, 1.54) is 0 Å². The lowest BCUT2D eigenvalue weighted by molar-refractivity contribution is -0.138. The lowest BCUT2D eigenvalue weighted by Gasteiger charge is -2.30. The van der Waals surface area contributed by atoms with Gasteiger partial charge in [0.2, 0.25) is 5.89 Å². The predicted octanol–water partition coefficient (Wildman–Crippen LogP) is 1.32. The summed E-state index contributed by atoms with van der Waals surface area (Å²) < 4.78 is 5.15. The highest BCUT2D eigenvalue weighted by Crippen LogP contribution is 2.21. The molecule has 18 heavy (non-hydrogen) atoms. The van der Waals surface area contributed by atoms with E-state index in [9.17, 15) is 4.79 Å². The third kappa shape index (κ3) is 3.53. The second kappa shape index (κ2) is 5.95. The number of carbonyl (C=O) groups is 1. The molecule has 1 saturated heterocycles. The normalized spacial score (nSPS) is 18.1. The summed E-state index contributed by atoms with van der Waals surface area (Å²) in [5.74, 6) is 1.01. The Hall–Kier alpha value is -1.43. The molecule has 1 fully saturated rings. The summed E-state index contributed by atoms with van der Waals surface area (Å²) in [6.45, 7) is 4.47. The second-order valence-electron chi connectivity index (χ2n) is 4.78. The molecule has 0 aliphatic carbocycles. The first kappa shape index (κ1) is 13.0. The molecular formula is C12H19N3O3. The first-order valence-corrected chi connectivity index (χ1v) is 6.43. The first-order valence-electron chi connectivity index (χ1n) is 6.43. The van der Waals surface area contributed by atoms with Gasteiger partial charge in [-0.2, -0.15) is 4.98 Å². The number of piperidine rings is 1. The van der Waals surface area contributed by atoms with Crippen molar-refractivity contribution in [1.29, 1.82) is 0 Å². The van der Waals surface area contributed by atoms with Crippen LogP contribution in [-0.2, 0) is 17.8 Å². The van der Waals surface area contributed by atoms with Gasteiger partial charge in [-0.15, -0.1) is 0 Å². The molecule has 0 unspecified atom stereocenters. The van der Waals surface area contributed by atoms with Crippen LogP contribution in [0, 0.1) is 5.92 Å². The molecule has 6 heteroatoms. The van der Waals surface area contributed by atoms with Gasteiger partial charge in [-0.1, -0.05) is 12.1 Å². The molecule has 0 bridgehead atoms. The van der Waals surface area contributed by atoms with Crippen molar-refractivity contribution in [2.45, 2.75) is 39.2 Å². The highest BCUT2D eigenvalue weighted by atomic mass is 16.5. The van der Waals surface area contributed by atoms with Gasteiger partial charge in [0.15, 0.2) is 5.82 Å². The Bertz CT molecular complexity index is 397. The molecule has 100 valence electrons. The Morgan fingerprint density at radius 1 is 1.50 bits per heavy atom. The third-order valence-electron chi connectivity index (χ3n) is 3.36. The van der Waals surface area contributed by atoms with Gasteiger partial charge in [-0.05, 0) is 31.8 Å². The topological polar surface area (TPSA) is 79.5 Å². The lowest BCUT2D eigenvalue weighted by atomic mass is 9.94. The molecule has 2 rings (SSSR count). The molecule has 0 amide bonds. The smallest absolute Gasteiger partial charge is 0.303 e. The van der Waals surface area contributed by atoms with Crippen molar-refractivity contribution in [3.63, 3.8) is 0 Å². The van der Waals surface area contributed by atoms with Gasteiger partial charge < -0.3 is 9.63 Å². The van der Waals surface area contributed by atoms with Gasteiger partial charge >= 0.3 is 5.97 Å². The van der Waals surface area contributed by atoms with E-state index in [0.717, 1.165) is 38.2 Å². The first-order chi connectivity index (χ1) is 8.67. The number of hydrogen-bond acceptors (Lipinski definition) is 5. The summed E-state index contributed by atoms with van der Waals surface area (Å²) in [7, 11) is 0. The zero-order valence-corrected chi connectivity index (χ0v) is 10.6. The predicted molar refractivity (Wildman–Crippen MR) is 63.9 cm³/mol. The van der Waals surface area contributed by atoms with Crippen LogP contribution in [0.2, 0.25) is 0 Å². The highest BCUT2D eigenvalue weighted by molar-refractivity contribution is 5.67. The van der Waals surface area contributed by atoms with Crippen molar-refractivity contribution < 1.29 is 14.4 Å². The minimum atomic E-state index is -0.696. The fourth-order valence-electron chi connectivity index (χ4n) is 2.28. The highest BCUT2D eigenvalue weighted by Gasteiger charge is 2.22. The Balaban J connectivity index is 1.78. The van der Waals surface area contributed by atoms with Crippen molar-refractivity contribution in [3.8, 4) is 0 Å². The fraction of sp³-hybridized carbons (Fsp3) is 0.750. The number of aromatic nitrogens is 2. The minimum absolute atomic E-state index is 0.286. The maximum absolute atomic E-state index is 10.6. The minimum Gasteiger partial charge on any atom is -0.481 e. The zero-order chi connectivity index (χ0) is 13.0. The second-order valence-corrected chi connectivity index (χ2v) is 4.78. The monoisotopic (exact) mass is 253 g/mol. The number of rotatable bonds is 5. The number of carboxylic acid groups (broad SMARTS) is 1. The molecule has 6 nitrogen and oxygen atoms in total. The van der Waals surface area contributed by atoms with Crippen LogP contribution in [-0.4, -0.2) is 39.2 Å². The van der Waals surface area contributed by atoms with Gasteiger partial charge in [-0.25, -0.2) is 0 Å². The van der Waals surface area contributed by atoms with Gasteiger partial charge in [0.05, 0.1) is 6.54 Å². The Labute approximate surface area is 106 Å². The quantitative estimate of drug-likeness (QED) is 0.852. The molecule has 0 radical (unpaired) electrons. The molecule has 0 saturated carbocycles. The number of nitrogens with zero attached hydrogens (tertiary/aromatic N) is 3. The van der Waals surface area contributed by atoms with E-state index in [1.807, 2.05) is 6.92 Å². The molecule has 0 aromatic carbocycles. The van der Waals surface area contributed by atoms with Gasteiger partial charge in [0.25, 0.3) is 0 Å². The van der Waals surface area contributed by atoms with Crippen molar-refractivity contribution in [1.82, 2.24) is 15.0 Å². The standard InChI is InChI=1S/C12H19N3O3/c1-2-10-13-11(18-14-10)8-15-5-3-9(4-6-15)7-12(16)17/h9H,2-8H2,1H3,(H,16,17). The molecule has 1 aliphatic heterocycles. The molecule has 0 spiro atoms. The van der Waals surface area contributed by atoms with Crippen LogP contribution in [0.1, 0.15) is 37.9 Å². The van der Waals surface area contributed by atoms with E-state index in [2.05, 4.69) is 15.0 Å². The van der Waals surface area contributed by atoms with Crippen LogP contribution < -0.4 is 0 Å². The summed E-state index contributed by atoms with van der Waals surface area (Å²) in [4.78, 5) is 17.1.